The molecule has 4 heteroatoms. The van der Waals surface area contributed by atoms with Crippen molar-refractivity contribution in [2.45, 2.75) is 20.4 Å². The van der Waals surface area contributed by atoms with Crippen LogP contribution in [0.1, 0.15) is 23.7 Å². The fourth-order valence-electron chi connectivity index (χ4n) is 1.81. The highest BCUT2D eigenvalue weighted by Gasteiger charge is 2.07. The third kappa shape index (κ3) is 2.41. The summed E-state index contributed by atoms with van der Waals surface area (Å²) in [6, 6.07) is 9.55. The van der Waals surface area contributed by atoms with Crippen molar-refractivity contribution in [2.24, 2.45) is 0 Å². The van der Waals surface area contributed by atoms with E-state index in [2.05, 4.69) is 30.3 Å². The topological polar surface area (TPSA) is 53.6 Å². The maximum Gasteiger partial charge on any atom is 0.0991 e. The molecule has 0 radical (unpaired) electrons. The summed E-state index contributed by atoms with van der Waals surface area (Å²) >= 11 is 0. The van der Waals surface area contributed by atoms with E-state index in [-0.39, 0.29) is 0 Å². The van der Waals surface area contributed by atoms with Crippen LogP contribution in [0.25, 0.3) is 5.69 Å². The van der Waals surface area contributed by atoms with Crippen molar-refractivity contribution < 1.29 is 0 Å². The number of nitriles is 1. The highest BCUT2D eigenvalue weighted by atomic mass is 15.3. The number of nitrogens with zero attached hydrogens (tertiary/aromatic N) is 3. The predicted molar refractivity (Wildman–Crippen MR) is 70.4 cm³/mol. The van der Waals surface area contributed by atoms with E-state index in [1.807, 2.05) is 23.0 Å². The van der Waals surface area contributed by atoms with Crippen LogP contribution in [0.15, 0.2) is 30.5 Å². The average Bonchev–Trinajstić information content (AvgIpc) is 2.78. The van der Waals surface area contributed by atoms with Gasteiger partial charge in [0.05, 0.1) is 23.5 Å². The lowest BCUT2D eigenvalue weighted by atomic mass is 10.2. The zero-order valence-electron chi connectivity index (χ0n) is 10.6. The van der Waals surface area contributed by atoms with Gasteiger partial charge in [0.15, 0.2) is 0 Å². The Morgan fingerprint density at radius 3 is 2.67 bits per heavy atom. The highest BCUT2D eigenvalue weighted by molar-refractivity contribution is 5.40. The Labute approximate surface area is 107 Å². The number of hydrogen-bond acceptors (Lipinski definition) is 3. The molecule has 2 rings (SSSR count). The van der Waals surface area contributed by atoms with Gasteiger partial charge in [0, 0.05) is 17.8 Å². The molecule has 0 atom stereocenters. The molecular formula is C14H16N4. The standard InChI is InChI=1S/C14H16N4/c1-3-16-9-13-10-17-18(11(13)2)14-6-4-12(8-15)5-7-14/h4-7,10,16H,3,9H2,1-2H3. The molecule has 0 fully saturated rings. The molecule has 0 bridgehead atoms. The first-order chi connectivity index (χ1) is 8.76. The second-order valence-corrected chi connectivity index (χ2v) is 4.11. The van der Waals surface area contributed by atoms with Gasteiger partial charge in [-0.1, -0.05) is 6.92 Å². The molecule has 0 aliphatic heterocycles. The summed E-state index contributed by atoms with van der Waals surface area (Å²) < 4.78 is 1.90. The average molecular weight is 240 g/mol. The second-order valence-electron chi connectivity index (χ2n) is 4.11. The molecule has 4 nitrogen and oxygen atoms in total. The lowest BCUT2D eigenvalue weighted by Gasteiger charge is -2.06. The van der Waals surface area contributed by atoms with E-state index in [0.29, 0.717) is 5.56 Å². The lowest BCUT2D eigenvalue weighted by molar-refractivity contribution is 0.721. The molecule has 0 aliphatic carbocycles. The summed E-state index contributed by atoms with van der Waals surface area (Å²) in [7, 11) is 0. The fraction of sp³-hybridized carbons (Fsp3) is 0.286. The maximum atomic E-state index is 8.77. The zero-order chi connectivity index (χ0) is 13.0. The number of rotatable bonds is 4. The molecule has 0 saturated carbocycles. The third-order valence-electron chi connectivity index (χ3n) is 2.92. The van der Waals surface area contributed by atoms with E-state index >= 15 is 0 Å². The molecule has 0 aliphatic rings. The van der Waals surface area contributed by atoms with Gasteiger partial charge in [-0.15, -0.1) is 0 Å². The van der Waals surface area contributed by atoms with E-state index in [1.165, 1.54) is 5.56 Å². The summed E-state index contributed by atoms with van der Waals surface area (Å²) in [5, 5.41) is 16.5. The van der Waals surface area contributed by atoms with Crippen molar-refractivity contribution in [2.75, 3.05) is 6.54 Å². The second kappa shape index (κ2) is 5.48. The van der Waals surface area contributed by atoms with Gasteiger partial charge in [-0.05, 0) is 37.7 Å². The number of hydrogen-bond donors (Lipinski definition) is 1. The minimum absolute atomic E-state index is 0.663. The largest absolute Gasteiger partial charge is 0.313 e. The van der Waals surface area contributed by atoms with Crippen molar-refractivity contribution >= 4 is 0 Å². The van der Waals surface area contributed by atoms with Gasteiger partial charge in [0.1, 0.15) is 0 Å². The van der Waals surface area contributed by atoms with Gasteiger partial charge in [-0.25, -0.2) is 4.68 Å². The molecule has 2 aromatic rings. The first-order valence-electron chi connectivity index (χ1n) is 6.01. The minimum Gasteiger partial charge on any atom is -0.313 e. The van der Waals surface area contributed by atoms with E-state index in [1.54, 1.807) is 12.1 Å². The maximum absolute atomic E-state index is 8.77. The quantitative estimate of drug-likeness (QED) is 0.891. The molecular weight excluding hydrogens is 224 g/mol. The van der Waals surface area contributed by atoms with Crippen molar-refractivity contribution in [3.63, 3.8) is 0 Å². The van der Waals surface area contributed by atoms with E-state index in [0.717, 1.165) is 24.5 Å². The molecule has 18 heavy (non-hydrogen) atoms. The van der Waals surface area contributed by atoms with E-state index in [9.17, 15) is 0 Å². The summed E-state index contributed by atoms with van der Waals surface area (Å²) in [6.07, 6.45) is 1.89. The number of nitrogens with one attached hydrogen (secondary N) is 1. The van der Waals surface area contributed by atoms with Gasteiger partial charge < -0.3 is 5.32 Å². The molecule has 1 N–H and O–H groups in total. The zero-order valence-corrected chi connectivity index (χ0v) is 10.6. The smallest absolute Gasteiger partial charge is 0.0991 e. The van der Waals surface area contributed by atoms with Gasteiger partial charge in [0.2, 0.25) is 0 Å². The van der Waals surface area contributed by atoms with E-state index < -0.39 is 0 Å². The van der Waals surface area contributed by atoms with Gasteiger partial charge in [-0.2, -0.15) is 10.4 Å². The molecule has 92 valence electrons. The van der Waals surface area contributed by atoms with Crippen molar-refractivity contribution in [1.29, 1.82) is 5.26 Å². The van der Waals surface area contributed by atoms with E-state index in [4.69, 9.17) is 5.26 Å². The highest BCUT2D eigenvalue weighted by Crippen LogP contribution is 2.14. The van der Waals surface area contributed by atoms with Crippen LogP contribution in [0.2, 0.25) is 0 Å². The van der Waals surface area contributed by atoms with Gasteiger partial charge >= 0.3 is 0 Å². The van der Waals surface area contributed by atoms with Crippen molar-refractivity contribution in [3.05, 3.63) is 47.3 Å². The molecule has 0 amide bonds. The Kier molecular flexibility index (Phi) is 3.75. The minimum atomic E-state index is 0.663. The van der Waals surface area contributed by atoms with Crippen LogP contribution in [0.3, 0.4) is 0 Å². The van der Waals surface area contributed by atoms with Gasteiger partial charge in [-0.3, -0.25) is 0 Å². The van der Waals surface area contributed by atoms with Crippen molar-refractivity contribution in [1.82, 2.24) is 15.1 Å². The summed E-state index contributed by atoms with van der Waals surface area (Å²) in [5.41, 5.74) is 3.97. The summed E-state index contributed by atoms with van der Waals surface area (Å²) in [5.74, 6) is 0. The van der Waals surface area contributed by atoms with Crippen LogP contribution in [0.5, 0.6) is 0 Å². The molecule has 0 unspecified atom stereocenters. The van der Waals surface area contributed by atoms with Gasteiger partial charge in [0.25, 0.3) is 0 Å². The van der Waals surface area contributed by atoms with Crippen LogP contribution < -0.4 is 5.32 Å². The Hall–Kier alpha value is -2.12. The monoisotopic (exact) mass is 240 g/mol. The number of benzene rings is 1. The van der Waals surface area contributed by atoms with Crippen LogP contribution >= 0.6 is 0 Å². The molecule has 1 aromatic carbocycles. The fourth-order valence-corrected chi connectivity index (χ4v) is 1.81. The summed E-state index contributed by atoms with van der Waals surface area (Å²) in [6.45, 7) is 5.92. The van der Waals surface area contributed by atoms with Crippen LogP contribution in [0, 0.1) is 18.3 Å². The molecule has 1 aromatic heterocycles. The normalized spacial score (nSPS) is 10.3. The van der Waals surface area contributed by atoms with Crippen LogP contribution in [0.4, 0.5) is 0 Å². The Morgan fingerprint density at radius 2 is 2.06 bits per heavy atom. The lowest BCUT2D eigenvalue weighted by Crippen LogP contribution is -2.12. The number of aromatic nitrogens is 2. The van der Waals surface area contributed by atoms with Crippen molar-refractivity contribution in [3.8, 4) is 11.8 Å². The van der Waals surface area contributed by atoms with Crippen LogP contribution in [-0.2, 0) is 6.54 Å². The Morgan fingerprint density at radius 1 is 1.33 bits per heavy atom. The molecule has 0 spiro atoms. The SMILES string of the molecule is CCNCc1cnn(-c2ccc(C#N)cc2)c1C. The Balaban J connectivity index is 2.27. The molecule has 0 saturated heterocycles. The Bertz CT molecular complexity index is 560. The first kappa shape index (κ1) is 12.3. The van der Waals surface area contributed by atoms with Crippen LogP contribution in [-0.4, -0.2) is 16.3 Å². The third-order valence-corrected chi connectivity index (χ3v) is 2.92. The molecule has 1 heterocycles. The first-order valence-corrected chi connectivity index (χ1v) is 6.01. The predicted octanol–water partition coefficient (Wildman–Crippen LogP) is 2.16. The summed E-state index contributed by atoms with van der Waals surface area (Å²) in [4.78, 5) is 0.